The van der Waals surface area contributed by atoms with Crippen molar-refractivity contribution in [3.05, 3.63) is 83.4 Å². The average Bonchev–Trinajstić information content (AvgIpc) is 3.43. The van der Waals surface area contributed by atoms with Gasteiger partial charge in [-0.3, -0.25) is 18.7 Å². The second-order valence-electron chi connectivity index (χ2n) is 6.62. The van der Waals surface area contributed by atoms with Crippen LogP contribution in [0.3, 0.4) is 0 Å². The summed E-state index contributed by atoms with van der Waals surface area (Å²) < 4.78 is 2.33. The molecule has 0 saturated carbocycles. The lowest BCUT2D eigenvalue weighted by molar-refractivity contribution is 0.0733. The Kier molecular flexibility index (Phi) is 5.16. The van der Waals surface area contributed by atoms with Crippen molar-refractivity contribution in [3.8, 4) is 0 Å². The number of amides is 1. The molecular weight excluding hydrogens is 408 g/mol. The topological polar surface area (TPSA) is 77.2 Å². The summed E-state index contributed by atoms with van der Waals surface area (Å²) in [5.41, 5.74) is -0.335. The third kappa shape index (κ3) is 3.66. The molecule has 0 radical (unpaired) electrons. The number of aromatic nitrogens is 3. The molecule has 0 saturated heterocycles. The van der Waals surface area contributed by atoms with Gasteiger partial charge in [0.25, 0.3) is 11.5 Å². The fourth-order valence-corrected chi connectivity index (χ4v) is 4.58. The second-order valence-corrected chi connectivity index (χ2v) is 8.69. The number of carbonyl (C=O) groups is 1. The fraction of sp³-hybridized carbons (Fsp3) is 0.200. The van der Waals surface area contributed by atoms with Crippen molar-refractivity contribution in [2.45, 2.75) is 13.1 Å². The molecule has 0 spiro atoms. The summed E-state index contributed by atoms with van der Waals surface area (Å²) in [6.45, 7) is 0.940. The Morgan fingerprint density at radius 3 is 2.21 bits per heavy atom. The van der Waals surface area contributed by atoms with E-state index >= 15 is 0 Å². The molecule has 0 aliphatic carbocycles. The molecule has 0 atom stereocenters. The summed E-state index contributed by atoms with van der Waals surface area (Å²) in [5, 5.41) is 4.20. The predicted octanol–water partition coefficient (Wildman–Crippen LogP) is 2.60. The molecule has 0 unspecified atom stereocenters. The molecule has 4 aromatic heterocycles. The van der Waals surface area contributed by atoms with E-state index in [2.05, 4.69) is 4.98 Å². The number of hydrogen-bond acceptors (Lipinski definition) is 6. The molecule has 9 heteroatoms. The summed E-state index contributed by atoms with van der Waals surface area (Å²) in [6, 6.07) is 9.42. The van der Waals surface area contributed by atoms with Gasteiger partial charge in [0.15, 0.2) is 0 Å². The summed E-state index contributed by atoms with van der Waals surface area (Å²) in [4.78, 5) is 46.1. The van der Waals surface area contributed by atoms with E-state index in [4.69, 9.17) is 0 Å². The number of rotatable bonds is 5. The molecule has 0 aromatic carbocycles. The maximum atomic E-state index is 13.3. The zero-order valence-corrected chi connectivity index (χ0v) is 17.5. The highest BCUT2D eigenvalue weighted by atomic mass is 32.1. The van der Waals surface area contributed by atoms with Crippen LogP contribution in [0.2, 0.25) is 0 Å². The molecule has 4 rings (SSSR count). The predicted molar refractivity (Wildman–Crippen MR) is 114 cm³/mol. The van der Waals surface area contributed by atoms with Crippen LogP contribution in [-0.4, -0.2) is 24.9 Å². The molecule has 4 heterocycles. The maximum Gasteiger partial charge on any atom is 0.332 e. The number of hydrogen-bond donors (Lipinski definition) is 0. The van der Waals surface area contributed by atoms with E-state index in [1.54, 1.807) is 34.6 Å². The van der Waals surface area contributed by atoms with Crippen molar-refractivity contribution in [1.82, 2.24) is 19.0 Å². The highest BCUT2D eigenvalue weighted by Crippen LogP contribution is 2.20. The van der Waals surface area contributed by atoms with Crippen LogP contribution in [0.1, 0.15) is 20.1 Å². The molecule has 4 aromatic rings. The van der Waals surface area contributed by atoms with Gasteiger partial charge in [-0.25, -0.2) is 9.78 Å². The van der Waals surface area contributed by atoms with Gasteiger partial charge in [0.2, 0.25) is 0 Å². The van der Waals surface area contributed by atoms with Crippen molar-refractivity contribution in [2.75, 3.05) is 0 Å². The van der Waals surface area contributed by atoms with Gasteiger partial charge < -0.3 is 4.90 Å². The Hall–Kier alpha value is -3.04. The smallest absolute Gasteiger partial charge is 0.328 e. The Morgan fingerprint density at radius 1 is 1.03 bits per heavy atom. The molecule has 0 aliphatic heterocycles. The third-order valence-corrected chi connectivity index (χ3v) is 6.40. The van der Waals surface area contributed by atoms with E-state index in [0.717, 1.165) is 14.3 Å². The van der Waals surface area contributed by atoms with Gasteiger partial charge in [-0.15, -0.1) is 22.7 Å². The molecule has 29 heavy (non-hydrogen) atoms. The van der Waals surface area contributed by atoms with E-state index in [0.29, 0.717) is 18.7 Å². The standard InChI is InChI=1S/C20H18N4O3S2/c1-22-17-16(19(26)23(2)20(22)27)9-13(10-21-17)18(25)24(11-14-5-3-7-28-14)12-15-6-4-8-29-15/h3-10H,11-12H2,1-2H3. The SMILES string of the molecule is Cn1c(=O)c2cc(C(=O)N(Cc3cccs3)Cc3cccs3)cnc2n(C)c1=O. The van der Waals surface area contributed by atoms with Gasteiger partial charge in [-0.1, -0.05) is 12.1 Å². The van der Waals surface area contributed by atoms with Crippen LogP contribution in [0.15, 0.2) is 56.9 Å². The van der Waals surface area contributed by atoms with Crippen LogP contribution in [0, 0.1) is 0 Å². The number of thiophene rings is 2. The van der Waals surface area contributed by atoms with Gasteiger partial charge in [-0.2, -0.15) is 0 Å². The summed E-state index contributed by atoms with van der Waals surface area (Å²) >= 11 is 3.18. The molecular formula is C20H18N4O3S2. The lowest BCUT2D eigenvalue weighted by Crippen LogP contribution is -2.37. The molecule has 0 N–H and O–H groups in total. The van der Waals surface area contributed by atoms with Crippen LogP contribution < -0.4 is 11.2 Å². The Morgan fingerprint density at radius 2 is 1.66 bits per heavy atom. The van der Waals surface area contributed by atoms with Gasteiger partial charge in [0, 0.05) is 30.0 Å². The fourth-order valence-electron chi connectivity index (χ4n) is 3.15. The normalized spacial score (nSPS) is 11.1. The first-order valence-electron chi connectivity index (χ1n) is 8.85. The molecule has 7 nitrogen and oxygen atoms in total. The van der Waals surface area contributed by atoms with E-state index in [1.807, 2.05) is 35.0 Å². The van der Waals surface area contributed by atoms with Crippen LogP contribution >= 0.6 is 22.7 Å². The van der Waals surface area contributed by atoms with Crippen molar-refractivity contribution in [3.63, 3.8) is 0 Å². The summed E-state index contributed by atoms with van der Waals surface area (Å²) in [5.74, 6) is -0.211. The summed E-state index contributed by atoms with van der Waals surface area (Å²) in [7, 11) is 2.97. The lowest BCUT2D eigenvalue weighted by atomic mass is 10.2. The lowest BCUT2D eigenvalue weighted by Gasteiger charge is -2.22. The van der Waals surface area contributed by atoms with Gasteiger partial charge in [0.1, 0.15) is 5.65 Å². The zero-order valence-electron chi connectivity index (χ0n) is 15.9. The Bertz CT molecular complexity index is 1250. The number of pyridine rings is 1. The van der Waals surface area contributed by atoms with Gasteiger partial charge in [-0.05, 0) is 29.0 Å². The minimum atomic E-state index is -0.465. The van der Waals surface area contributed by atoms with E-state index < -0.39 is 11.2 Å². The number of carbonyl (C=O) groups excluding carboxylic acids is 1. The van der Waals surface area contributed by atoms with Crippen molar-refractivity contribution >= 4 is 39.6 Å². The monoisotopic (exact) mass is 426 g/mol. The third-order valence-electron chi connectivity index (χ3n) is 4.68. The minimum Gasteiger partial charge on any atom is -0.328 e. The van der Waals surface area contributed by atoms with Gasteiger partial charge >= 0.3 is 5.69 Å². The first-order chi connectivity index (χ1) is 14.0. The van der Waals surface area contributed by atoms with E-state index in [1.165, 1.54) is 23.9 Å². The quantitative estimate of drug-likeness (QED) is 0.492. The van der Waals surface area contributed by atoms with Crippen LogP contribution in [0.25, 0.3) is 11.0 Å². The first kappa shape index (κ1) is 19.3. The number of aryl methyl sites for hydroxylation is 1. The molecule has 0 bridgehead atoms. The molecule has 0 fully saturated rings. The summed E-state index contributed by atoms with van der Waals surface area (Å²) in [6.07, 6.45) is 1.43. The van der Waals surface area contributed by atoms with Crippen molar-refractivity contribution in [1.29, 1.82) is 0 Å². The highest BCUT2D eigenvalue weighted by molar-refractivity contribution is 7.10. The largest absolute Gasteiger partial charge is 0.332 e. The van der Waals surface area contributed by atoms with Gasteiger partial charge in [0.05, 0.1) is 24.0 Å². The Labute approximate surface area is 174 Å². The highest BCUT2D eigenvalue weighted by Gasteiger charge is 2.20. The Balaban J connectivity index is 1.76. The second kappa shape index (κ2) is 7.76. The van der Waals surface area contributed by atoms with Crippen LogP contribution in [-0.2, 0) is 27.2 Å². The molecule has 1 amide bonds. The van der Waals surface area contributed by atoms with Crippen LogP contribution in [0.5, 0.6) is 0 Å². The maximum absolute atomic E-state index is 13.3. The first-order valence-corrected chi connectivity index (χ1v) is 10.6. The number of fused-ring (bicyclic) bond motifs is 1. The van der Waals surface area contributed by atoms with Crippen molar-refractivity contribution < 1.29 is 4.79 Å². The average molecular weight is 427 g/mol. The molecule has 0 aliphatic rings. The minimum absolute atomic E-state index is 0.211. The van der Waals surface area contributed by atoms with E-state index in [9.17, 15) is 14.4 Å². The van der Waals surface area contributed by atoms with Crippen LogP contribution in [0.4, 0.5) is 0 Å². The zero-order chi connectivity index (χ0) is 20.5. The van der Waals surface area contributed by atoms with E-state index in [-0.39, 0.29) is 16.9 Å². The number of nitrogens with zero attached hydrogens (tertiary/aromatic N) is 4. The van der Waals surface area contributed by atoms with Crippen molar-refractivity contribution in [2.24, 2.45) is 14.1 Å². The molecule has 148 valence electrons.